The molecule has 0 saturated carbocycles. The number of hydrogen-bond donors (Lipinski definition) is 1. The number of nitrogens with two attached hydrogens (primary N) is 1. The maximum absolute atomic E-state index is 11.8. The van der Waals surface area contributed by atoms with Crippen LogP contribution in [0.1, 0.15) is 0 Å². The molecule has 1 aliphatic heterocycles. The molecule has 106 valence electrons. The lowest BCUT2D eigenvalue weighted by Gasteiger charge is -2.24. The molecule has 1 rings (SSSR count). The van der Waals surface area contributed by atoms with Crippen molar-refractivity contribution in [3.05, 3.63) is 24.6 Å². The Morgan fingerprint density at radius 2 is 1.44 bits per heavy atom. The van der Waals surface area contributed by atoms with Crippen LogP contribution in [0.2, 0.25) is 0 Å². The van der Waals surface area contributed by atoms with Crippen LogP contribution in [0.25, 0.3) is 0 Å². The van der Waals surface area contributed by atoms with Crippen LogP contribution in [-0.4, -0.2) is 30.6 Å². The molecular weight excluding hydrogens is 292 g/mol. The largest absolute Gasteiger partial charge is 0.743 e. The first-order chi connectivity index (χ1) is 7.90. The minimum absolute atomic E-state index is 2.00. The van der Waals surface area contributed by atoms with Gasteiger partial charge >= 0.3 is 11.4 Å². The van der Waals surface area contributed by atoms with Gasteiger partial charge in [-0.15, -0.1) is 0 Å². The topological polar surface area (TPSA) is 73.8 Å². The SMILES string of the molecule is C1=C[NH2+]C=C1.O=S(=O)([O-])C(F)(F)C(F)C(F)(F)F. The maximum Gasteiger partial charge on any atom is 0.426 e. The van der Waals surface area contributed by atoms with E-state index in [4.69, 9.17) is 0 Å². The molecule has 0 aromatic rings. The molecule has 2 N–H and O–H groups in total. The van der Waals surface area contributed by atoms with Crippen LogP contribution in [0.3, 0.4) is 0 Å². The van der Waals surface area contributed by atoms with E-state index in [-0.39, 0.29) is 0 Å². The van der Waals surface area contributed by atoms with Gasteiger partial charge in [0.1, 0.15) is 0 Å². The third-order valence-electron chi connectivity index (χ3n) is 1.47. The van der Waals surface area contributed by atoms with Crippen LogP contribution in [0, 0.1) is 0 Å². The van der Waals surface area contributed by atoms with Crippen molar-refractivity contribution in [2.45, 2.75) is 17.6 Å². The Bertz CT molecular complexity index is 417. The summed E-state index contributed by atoms with van der Waals surface area (Å²) in [6.07, 6.45) is -3.11. The molecule has 1 heterocycles. The Hall–Kier alpha value is -1.07. The van der Waals surface area contributed by atoms with Crippen molar-refractivity contribution in [1.82, 2.24) is 0 Å². The van der Waals surface area contributed by atoms with Gasteiger partial charge in [0.15, 0.2) is 10.1 Å². The van der Waals surface area contributed by atoms with Gasteiger partial charge in [-0.3, -0.25) is 5.32 Å². The summed E-state index contributed by atoms with van der Waals surface area (Å²) in [4.78, 5) is 0. The van der Waals surface area contributed by atoms with Gasteiger partial charge in [-0.1, -0.05) is 0 Å². The second-order valence-electron chi connectivity index (χ2n) is 2.88. The third-order valence-corrected chi connectivity index (χ3v) is 2.34. The fraction of sp³-hybridized carbons (Fsp3) is 0.429. The quantitative estimate of drug-likeness (QED) is 0.600. The molecule has 0 saturated heterocycles. The second kappa shape index (κ2) is 5.71. The van der Waals surface area contributed by atoms with Gasteiger partial charge in [0.2, 0.25) is 0 Å². The molecule has 0 radical (unpaired) electrons. The van der Waals surface area contributed by atoms with E-state index in [0.717, 1.165) is 0 Å². The molecule has 1 unspecified atom stereocenters. The zero-order valence-electron chi connectivity index (χ0n) is 8.36. The van der Waals surface area contributed by atoms with E-state index in [0.29, 0.717) is 0 Å². The highest BCUT2D eigenvalue weighted by atomic mass is 32.2. The van der Waals surface area contributed by atoms with Crippen LogP contribution in [0.5, 0.6) is 0 Å². The molecule has 0 aromatic carbocycles. The molecule has 0 bridgehead atoms. The molecule has 0 aliphatic carbocycles. The fourth-order valence-corrected chi connectivity index (χ4v) is 1.03. The summed E-state index contributed by atoms with van der Waals surface area (Å²) in [5.41, 5.74) is 0. The van der Waals surface area contributed by atoms with E-state index in [1.54, 1.807) is 0 Å². The summed E-state index contributed by atoms with van der Waals surface area (Å²) in [6.45, 7) is 0. The molecule has 0 fully saturated rings. The number of allylic oxidation sites excluding steroid dienone is 2. The molecule has 0 amide bonds. The molecule has 11 heteroatoms. The van der Waals surface area contributed by atoms with Crippen molar-refractivity contribution >= 4 is 10.1 Å². The molecular formula is C7H7F6NO3S. The van der Waals surface area contributed by atoms with Crippen LogP contribution < -0.4 is 5.32 Å². The van der Waals surface area contributed by atoms with E-state index in [2.05, 4.69) is 0 Å². The first-order valence-electron chi connectivity index (χ1n) is 4.11. The molecule has 18 heavy (non-hydrogen) atoms. The minimum Gasteiger partial charge on any atom is -0.743 e. The van der Waals surface area contributed by atoms with Crippen molar-refractivity contribution in [3.63, 3.8) is 0 Å². The summed E-state index contributed by atoms with van der Waals surface area (Å²) >= 11 is 0. The van der Waals surface area contributed by atoms with Crippen LogP contribution in [0.4, 0.5) is 26.3 Å². The number of rotatable bonds is 2. The smallest absolute Gasteiger partial charge is 0.426 e. The predicted octanol–water partition coefficient (Wildman–Crippen LogP) is 0.616. The van der Waals surface area contributed by atoms with Crippen LogP contribution in [-0.2, 0) is 10.1 Å². The van der Waals surface area contributed by atoms with Gasteiger partial charge in [0.05, 0.1) is 12.4 Å². The lowest BCUT2D eigenvalue weighted by Crippen LogP contribution is -2.69. The fourth-order valence-electron chi connectivity index (χ4n) is 0.638. The number of hydrogen-bond acceptors (Lipinski definition) is 3. The first-order valence-corrected chi connectivity index (χ1v) is 5.52. The summed E-state index contributed by atoms with van der Waals surface area (Å²) in [6, 6.07) is 0. The van der Waals surface area contributed by atoms with Crippen molar-refractivity contribution in [3.8, 4) is 0 Å². The molecule has 0 aromatic heterocycles. The average molecular weight is 299 g/mol. The van der Waals surface area contributed by atoms with Gasteiger partial charge in [-0.25, -0.2) is 12.8 Å². The Balaban J connectivity index is 0.000000473. The number of alkyl halides is 6. The highest BCUT2D eigenvalue weighted by Gasteiger charge is 2.61. The van der Waals surface area contributed by atoms with Crippen molar-refractivity contribution in [2.75, 3.05) is 0 Å². The Morgan fingerprint density at radius 3 is 1.56 bits per heavy atom. The van der Waals surface area contributed by atoms with Gasteiger partial charge in [-0.05, 0) is 12.2 Å². The van der Waals surface area contributed by atoms with E-state index < -0.39 is 27.7 Å². The Kier molecular flexibility index (Phi) is 5.37. The molecule has 1 aliphatic rings. The van der Waals surface area contributed by atoms with Gasteiger partial charge < -0.3 is 4.55 Å². The molecule has 4 nitrogen and oxygen atoms in total. The summed E-state index contributed by atoms with van der Waals surface area (Å²) in [5.74, 6) is 0. The zero-order valence-corrected chi connectivity index (χ0v) is 9.18. The first kappa shape index (κ1) is 16.9. The van der Waals surface area contributed by atoms with E-state index in [9.17, 15) is 39.3 Å². The van der Waals surface area contributed by atoms with Gasteiger partial charge in [-0.2, -0.15) is 22.0 Å². The highest BCUT2D eigenvalue weighted by molar-refractivity contribution is 7.86. The lowest BCUT2D eigenvalue weighted by molar-refractivity contribution is -0.510. The minimum atomic E-state index is -6.66. The average Bonchev–Trinajstić information content (AvgIpc) is 2.70. The number of halogens is 6. The van der Waals surface area contributed by atoms with Crippen molar-refractivity contribution < 1.29 is 44.6 Å². The van der Waals surface area contributed by atoms with Crippen LogP contribution >= 0.6 is 0 Å². The second-order valence-corrected chi connectivity index (χ2v) is 4.33. The summed E-state index contributed by atoms with van der Waals surface area (Å²) in [7, 11) is -6.66. The zero-order chi connectivity index (χ0) is 14.6. The highest BCUT2D eigenvalue weighted by Crippen LogP contribution is 2.37. The summed E-state index contributed by atoms with van der Waals surface area (Å²) < 4.78 is 97.5. The van der Waals surface area contributed by atoms with Crippen molar-refractivity contribution in [2.24, 2.45) is 0 Å². The predicted molar refractivity (Wildman–Crippen MR) is 45.8 cm³/mol. The van der Waals surface area contributed by atoms with Crippen LogP contribution in [0.15, 0.2) is 24.6 Å². The van der Waals surface area contributed by atoms with E-state index in [1.807, 2.05) is 29.9 Å². The number of quaternary nitrogens is 1. The standard InChI is InChI=1S/C4H5N.C3H2F6O3S/c1-2-4-5-3-1;4-1(2(5,6)7)3(8,9)13(10,11)12/h1-5H;1H,(H,10,11,12). The molecule has 1 atom stereocenters. The monoisotopic (exact) mass is 299 g/mol. The third kappa shape index (κ3) is 4.66. The van der Waals surface area contributed by atoms with Crippen molar-refractivity contribution in [1.29, 1.82) is 0 Å². The molecule has 0 spiro atoms. The Labute approximate surface area is 97.7 Å². The van der Waals surface area contributed by atoms with Gasteiger partial charge in [0, 0.05) is 0 Å². The lowest BCUT2D eigenvalue weighted by atomic mass is 10.4. The normalized spacial score (nSPS) is 17.3. The summed E-state index contributed by atoms with van der Waals surface area (Å²) in [5, 5.41) is -3.99. The maximum atomic E-state index is 11.8. The van der Waals surface area contributed by atoms with Gasteiger partial charge in [0.25, 0.3) is 6.17 Å². The van der Waals surface area contributed by atoms with E-state index in [1.165, 1.54) is 0 Å². The Morgan fingerprint density at radius 1 is 1.06 bits per heavy atom. The van der Waals surface area contributed by atoms with E-state index >= 15 is 0 Å².